The first-order valence-electron chi connectivity index (χ1n) is 9.21. The quantitative estimate of drug-likeness (QED) is 0.841. The standard InChI is InChI=1S/C20H28N4O/c1-5-24-18(25)16-8-6-7-9-17(16)21-19(24)23-22-15-12-10-14(11-13-15)20(2,3)4/h6-9,14H,5,10-13H2,1-4H3,(H,21,23). The Morgan fingerprint density at radius 1 is 1.24 bits per heavy atom. The van der Waals surface area contributed by atoms with Gasteiger partial charge in [0.25, 0.3) is 5.56 Å². The highest BCUT2D eigenvalue weighted by molar-refractivity contribution is 5.86. The van der Waals surface area contributed by atoms with E-state index in [1.165, 1.54) is 18.6 Å². The maximum absolute atomic E-state index is 12.6. The van der Waals surface area contributed by atoms with Crippen LogP contribution >= 0.6 is 0 Å². The molecule has 1 aliphatic rings. The molecule has 1 aliphatic carbocycles. The van der Waals surface area contributed by atoms with E-state index >= 15 is 0 Å². The van der Waals surface area contributed by atoms with Crippen molar-refractivity contribution in [3.05, 3.63) is 34.6 Å². The molecule has 25 heavy (non-hydrogen) atoms. The minimum atomic E-state index is -0.0211. The average molecular weight is 340 g/mol. The summed E-state index contributed by atoms with van der Waals surface area (Å²) >= 11 is 0. The smallest absolute Gasteiger partial charge is 0.262 e. The van der Waals surface area contributed by atoms with Crippen molar-refractivity contribution in [3.63, 3.8) is 0 Å². The lowest BCUT2D eigenvalue weighted by Gasteiger charge is -2.34. The van der Waals surface area contributed by atoms with Crippen molar-refractivity contribution in [2.75, 3.05) is 5.43 Å². The van der Waals surface area contributed by atoms with Crippen LogP contribution in [0.4, 0.5) is 5.95 Å². The second-order valence-corrected chi connectivity index (χ2v) is 7.93. The van der Waals surface area contributed by atoms with Crippen molar-refractivity contribution < 1.29 is 0 Å². The summed E-state index contributed by atoms with van der Waals surface area (Å²) < 4.78 is 1.65. The molecule has 2 aromatic rings. The maximum atomic E-state index is 12.6. The minimum Gasteiger partial charge on any atom is -0.277 e. The predicted molar refractivity (Wildman–Crippen MR) is 104 cm³/mol. The highest BCUT2D eigenvalue weighted by Crippen LogP contribution is 2.36. The molecule has 1 heterocycles. The first-order valence-corrected chi connectivity index (χ1v) is 9.21. The van der Waals surface area contributed by atoms with Gasteiger partial charge in [-0.05, 0) is 56.1 Å². The van der Waals surface area contributed by atoms with Gasteiger partial charge >= 0.3 is 0 Å². The van der Waals surface area contributed by atoms with E-state index < -0.39 is 0 Å². The number of hydrazone groups is 1. The van der Waals surface area contributed by atoms with Crippen molar-refractivity contribution >= 4 is 22.6 Å². The van der Waals surface area contributed by atoms with Gasteiger partial charge in [0.1, 0.15) is 0 Å². The third kappa shape index (κ3) is 3.75. The number of aromatic nitrogens is 2. The number of para-hydroxylation sites is 1. The summed E-state index contributed by atoms with van der Waals surface area (Å²) in [6, 6.07) is 7.45. The van der Waals surface area contributed by atoms with Gasteiger partial charge in [0.2, 0.25) is 5.95 Å². The topological polar surface area (TPSA) is 59.3 Å². The Morgan fingerprint density at radius 3 is 2.56 bits per heavy atom. The van der Waals surface area contributed by atoms with Crippen LogP contribution in [0.15, 0.2) is 34.2 Å². The van der Waals surface area contributed by atoms with Gasteiger partial charge in [0.05, 0.1) is 10.9 Å². The van der Waals surface area contributed by atoms with Crippen molar-refractivity contribution in [2.45, 2.75) is 59.9 Å². The molecule has 0 radical (unpaired) electrons. The molecule has 1 fully saturated rings. The van der Waals surface area contributed by atoms with E-state index in [-0.39, 0.29) is 5.56 Å². The number of rotatable bonds is 3. The summed E-state index contributed by atoms with van der Waals surface area (Å²) in [5.41, 5.74) is 5.28. The van der Waals surface area contributed by atoms with E-state index in [0.29, 0.717) is 28.8 Å². The van der Waals surface area contributed by atoms with Crippen LogP contribution in [0.1, 0.15) is 53.4 Å². The molecule has 1 aromatic heterocycles. The fraction of sp³-hybridized carbons (Fsp3) is 0.550. The number of hydrogen-bond donors (Lipinski definition) is 1. The molecule has 5 heteroatoms. The third-order valence-corrected chi connectivity index (χ3v) is 5.28. The molecule has 1 saturated carbocycles. The molecule has 0 bridgehead atoms. The summed E-state index contributed by atoms with van der Waals surface area (Å²) in [5, 5.41) is 5.22. The zero-order chi connectivity index (χ0) is 18.0. The molecule has 0 amide bonds. The number of anilines is 1. The zero-order valence-electron chi connectivity index (χ0n) is 15.7. The van der Waals surface area contributed by atoms with Crippen LogP contribution in [0.25, 0.3) is 10.9 Å². The summed E-state index contributed by atoms with van der Waals surface area (Å²) in [6.07, 6.45) is 4.38. The maximum Gasteiger partial charge on any atom is 0.262 e. The molecule has 0 spiro atoms. The molecule has 134 valence electrons. The van der Waals surface area contributed by atoms with Gasteiger partial charge in [0.15, 0.2) is 0 Å². The molecule has 5 nitrogen and oxygen atoms in total. The highest BCUT2D eigenvalue weighted by atomic mass is 16.1. The summed E-state index contributed by atoms with van der Waals surface area (Å²) in [5.74, 6) is 1.27. The number of nitrogens with zero attached hydrogens (tertiary/aromatic N) is 3. The van der Waals surface area contributed by atoms with Crippen LogP contribution in [0.2, 0.25) is 0 Å². The Labute approximate surface area is 149 Å². The van der Waals surface area contributed by atoms with E-state index in [0.717, 1.165) is 18.8 Å². The first kappa shape index (κ1) is 17.6. The van der Waals surface area contributed by atoms with Crippen molar-refractivity contribution in [3.8, 4) is 0 Å². The van der Waals surface area contributed by atoms with Gasteiger partial charge in [0, 0.05) is 12.3 Å². The van der Waals surface area contributed by atoms with E-state index in [1.807, 2.05) is 31.2 Å². The first-order chi connectivity index (χ1) is 11.9. The molecule has 1 N–H and O–H groups in total. The van der Waals surface area contributed by atoms with Crippen LogP contribution in [-0.2, 0) is 6.54 Å². The number of fused-ring (bicyclic) bond motifs is 1. The molecule has 3 rings (SSSR count). The Hall–Kier alpha value is -2.17. The lowest BCUT2D eigenvalue weighted by molar-refractivity contribution is 0.208. The van der Waals surface area contributed by atoms with Crippen LogP contribution in [0, 0.1) is 11.3 Å². The Morgan fingerprint density at radius 2 is 1.92 bits per heavy atom. The van der Waals surface area contributed by atoms with Gasteiger partial charge in [-0.25, -0.2) is 10.4 Å². The molecule has 0 atom stereocenters. The number of nitrogens with one attached hydrogen (secondary N) is 1. The largest absolute Gasteiger partial charge is 0.277 e. The van der Waals surface area contributed by atoms with Gasteiger partial charge in [-0.1, -0.05) is 32.9 Å². The van der Waals surface area contributed by atoms with Crippen molar-refractivity contribution in [2.24, 2.45) is 16.4 Å². The Bertz CT molecular complexity index is 835. The SMILES string of the molecule is CCn1c(NN=C2CCC(C(C)(C)C)CC2)nc2ccccc2c1=O. The summed E-state index contributed by atoms with van der Waals surface area (Å²) in [6.45, 7) is 9.46. The van der Waals surface area contributed by atoms with Crippen LogP contribution < -0.4 is 11.0 Å². The highest BCUT2D eigenvalue weighted by Gasteiger charge is 2.28. The Kier molecular flexibility index (Phi) is 4.93. The Balaban J connectivity index is 1.81. The second-order valence-electron chi connectivity index (χ2n) is 7.93. The van der Waals surface area contributed by atoms with Gasteiger partial charge in [-0.2, -0.15) is 5.10 Å². The second kappa shape index (κ2) is 6.98. The fourth-order valence-electron chi connectivity index (χ4n) is 3.60. The van der Waals surface area contributed by atoms with Crippen LogP contribution in [-0.4, -0.2) is 15.3 Å². The summed E-state index contributed by atoms with van der Waals surface area (Å²) in [7, 11) is 0. The molecular weight excluding hydrogens is 312 g/mol. The molecule has 1 aromatic carbocycles. The van der Waals surface area contributed by atoms with E-state index in [1.54, 1.807) is 4.57 Å². The zero-order valence-corrected chi connectivity index (χ0v) is 15.7. The molecular formula is C20H28N4O. The molecule has 0 unspecified atom stereocenters. The normalized spacial score (nSPS) is 18.4. The third-order valence-electron chi connectivity index (χ3n) is 5.28. The number of hydrogen-bond acceptors (Lipinski definition) is 4. The molecule has 0 saturated heterocycles. The lowest BCUT2D eigenvalue weighted by Crippen LogP contribution is -2.27. The monoisotopic (exact) mass is 340 g/mol. The lowest BCUT2D eigenvalue weighted by atomic mass is 9.72. The van der Waals surface area contributed by atoms with Gasteiger partial charge in [-0.15, -0.1) is 0 Å². The van der Waals surface area contributed by atoms with Gasteiger partial charge < -0.3 is 0 Å². The van der Waals surface area contributed by atoms with Gasteiger partial charge in [-0.3, -0.25) is 9.36 Å². The van der Waals surface area contributed by atoms with E-state index in [2.05, 4.69) is 36.3 Å². The predicted octanol–water partition coefficient (Wildman–Crippen LogP) is 4.42. The van der Waals surface area contributed by atoms with Crippen LogP contribution in [0.3, 0.4) is 0 Å². The van der Waals surface area contributed by atoms with Crippen LogP contribution in [0.5, 0.6) is 0 Å². The molecule has 0 aliphatic heterocycles. The number of benzene rings is 1. The van der Waals surface area contributed by atoms with Crippen molar-refractivity contribution in [1.29, 1.82) is 0 Å². The minimum absolute atomic E-state index is 0.0211. The summed E-state index contributed by atoms with van der Waals surface area (Å²) in [4.78, 5) is 17.2. The van der Waals surface area contributed by atoms with E-state index in [4.69, 9.17) is 0 Å². The van der Waals surface area contributed by atoms with Crippen molar-refractivity contribution in [1.82, 2.24) is 9.55 Å². The fourth-order valence-corrected chi connectivity index (χ4v) is 3.60. The average Bonchev–Trinajstić information content (AvgIpc) is 2.60. The van der Waals surface area contributed by atoms with E-state index in [9.17, 15) is 4.79 Å².